The van der Waals surface area contributed by atoms with Crippen molar-refractivity contribution in [3.05, 3.63) is 70.8 Å². The van der Waals surface area contributed by atoms with Gasteiger partial charge in [-0.3, -0.25) is 9.80 Å². The van der Waals surface area contributed by atoms with Crippen molar-refractivity contribution in [3.8, 4) is 10.4 Å². The van der Waals surface area contributed by atoms with Crippen molar-refractivity contribution >= 4 is 40.1 Å². The lowest BCUT2D eigenvalue weighted by Crippen LogP contribution is -2.33. The molecule has 2 aromatic carbocycles. The molecular weight excluding hydrogens is 594 g/mol. The lowest BCUT2D eigenvalue weighted by atomic mass is 10.0. The SMILES string of the molecule is CCNC(=O)Nc1ccc(-c2sc(N(Cc3c(F)cccc3F)C(=O)OCC)c(C(=O)OCC)c2CN(C)CCOC)cc1. The van der Waals surface area contributed by atoms with Crippen LogP contribution in [0.25, 0.3) is 10.4 Å². The van der Waals surface area contributed by atoms with E-state index in [4.69, 9.17) is 14.2 Å². The number of carbonyl (C=O) groups excluding carboxylic acids is 3. The summed E-state index contributed by atoms with van der Waals surface area (Å²) in [5.74, 6) is -2.38. The Balaban J connectivity index is 2.24. The largest absolute Gasteiger partial charge is 0.462 e. The number of hydrogen-bond acceptors (Lipinski definition) is 8. The first-order valence-electron chi connectivity index (χ1n) is 14.2. The van der Waals surface area contributed by atoms with Crippen LogP contribution < -0.4 is 15.5 Å². The Kier molecular flexibility index (Phi) is 13.1. The third-order valence-corrected chi connectivity index (χ3v) is 7.73. The number of amides is 3. The Morgan fingerprint density at radius 1 is 0.909 bits per heavy atom. The maximum atomic E-state index is 14.8. The topological polar surface area (TPSA) is 109 Å². The number of nitrogens with zero attached hydrogens (tertiary/aromatic N) is 2. The van der Waals surface area contributed by atoms with Gasteiger partial charge in [-0.1, -0.05) is 18.2 Å². The monoisotopic (exact) mass is 632 g/mol. The van der Waals surface area contributed by atoms with Crippen LogP contribution in [0.4, 0.5) is 29.1 Å². The molecule has 13 heteroatoms. The average Bonchev–Trinajstić information content (AvgIpc) is 3.35. The fraction of sp³-hybridized carbons (Fsp3) is 0.387. The summed E-state index contributed by atoms with van der Waals surface area (Å²) < 4.78 is 45.6. The van der Waals surface area contributed by atoms with E-state index in [1.807, 2.05) is 18.9 Å². The first-order valence-corrected chi connectivity index (χ1v) is 15.0. The average molecular weight is 633 g/mol. The van der Waals surface area contributed by atoms with Crippen LogP contribution in [0.5, 0.6) is 0 Å². The van der Waals surface area contributed by atoms with Gasteiger partial charge in [-0.2, -0.15) is 0 Å². The minimum atomic E-state index is -0.880. The zero-order valence-corrected chi connectivity index (χ0v) is 26.3. The summed E-state index contributed by atoms with van der Waals surface area (Å²) in [6, 6.07) is 10.0. The predicted octanol–water partition coefficient (Wildman–Crippen LogP) is 6.25. The first-order chi connectivity index (χ1) is 21.1. The Bertz CT molecular complexity index is 1410. The Morgan fingerprint density at radius 3 is 2.16 bits per heavy atom. The van der Waals surface area contributed by atoms with E-state index < -0.39 is 30.2 Å². The molecule has 0 aliphatic heterocycles. The van der Waals surface area contributed by atoms with Gasteiger partial charge in [0.1, 0.15) is 16.6 Å². The molecule has 1 heterocycles. The number of anilines is 2. The molecule has 1 aromatic heterocycles. The van der Waals surface area contributed by atoms with E-state index >= 15 is 0 Å². The number of ether oxygens (including phenoxy) is 3. The van der Waals surface area contributed by atoms with E-state index in [9.17, 15) is 23.2 Å². The zero-order chi connectivity index (χ0) is 32.2. The second-order valence-corrected chi connectivity index (χ2v) is 10.6. The minimum absolute atomic E-state index is 0.00522. The van der Waals surface area contributed by atoms with Crippen LogP contribution in [0.1, 0.15) is 42.3 Å². The number of urea groups is 1. The molecule has 0 bridgehead atoms. The molecule has 0 spiro atoms. The van der Waals surface area contributed by atoms with Crippen LogP contribution in [0.15, 0.2) is 42.5 Å². The summed E-state index contributed by atoms with van der Waals surface area (Å²) in [5, 5.41) is 5.54. The van der Waals surface area contributed by atoms with Crippen LogP contribution in [-0.4, -0.2) is 70.1 Å². The molecule has 10 nitrogen and oxygen atoms in total. The number of nitrogens with one attached hydrogen (secondary N) is 2. The molecule has 2 N–H and O–H groups in total. The fourth-order valence-electron chi connectivity index (χ4n) is 4.34. The Morgan fingerprint density at radius 2 is 1.57 bits per heavy atom. The highest BCUT2D eigenvalue weighted by atomic mass is 32.1. The highest BCUT2D eigenvalue weighted by molar-refractivity contribution is 7.20. The second kappa shape index (κ2) is 16.7. The molecule has 3 aromatic rings. The number of carbonyl (C=O) groups is 3. The number of thiophene rings is 1. The minimum Gasteiger partial charge on any atom is -0.462 e. The molecule has 0 fully saturated rings. The van der Waals surface area contributed by atoms with Gasteiger partial charge < -0.3 is 24.8 Å². The number of hydrogen-bond donors (Lipinski definition) is 2. The first kappa shape index (κ1) is 34.4. The van der Waals surface area contributed by atoms with E-state index in [0.717, 1.165) is 28.4 Å². The van der Waals surface area contributed by atoms with E-state index in [0.29, 0.717) is 41.4 Å². The summed E-state index contributed by atoms with van der Waals surface area (Å²) in [7, 11) is 3.44. The number of esters is 1. The normalized spacial score (nSPS) is 10.9. The van der Waals surface area contributed by atoms with Gasteiger partial charge >= 0.3 is 18.1 Å². The molecule has 0 radical (unpaired) electrons. The summed E-state index contributed by atoms with van der Waals surface area (Å²) in [5.41, 5.74) is 1.51. The maximum Gasteiger partial charge on any atom is 0.415 e. The van der Waals surface area contributed by atoms with Gasteiger partial charge in [0, 0.05) is 48.4 Å². The molecule has 0 saturated carbocycles. The summed E-state index contributed by atoms with van der Waals surface area (Å²) >= 11 is 1.10. The number of benzene rings is 2. The van der Waals surface area contributed by atoms with Gasteiger partial charge in [-0.15, -0.1) is 11.3 Å². The Hall–Kier alpha value is -4.07. The van der Waals surface area contributed by atoms with E-state index in [-0.39, 0.29) is 41.9 Å². The van der Waals surface area contributed by atoms with Crippen molar-refractivity contribution in [2.75, 3.05) is 57.3 Å². The summed E-state index contributed by atoms with van der Waals surface area (Å²) in [6.45, 7) is 6.28. The van der Waals surface area contributed by atoms with Crippen molar-refractivity contribution in [3.63, 3.8) is 0 Å². The van der Waals surface area contributed by atoms with Crippen LogP contribution in [-0.2, 0) is 27.3 Å². The lowest BCUT2D eigenvalue weighted by Gasteiger charge is -2.23. The zero-order valence-electron chi connectivity index (χ0n) is 25.5. The molecule has 44 heavy (non-hydrogen) atoms. The number of halogens is 2. The number of methoxy groups -OCH3 is 1. The van der Waals surface area contributed by atoms with E-state index in [1.165, 1.54) is 6.07 Å². The highest BCUT2D eigenvalue weighted by Crippen LogP contribution is 2.44. The maximum absolute atomic E-state index is 14.8. The molecule has 0 unspecified atom stereocenters. The molecule has 3 amide bonds. The van der Waals surface area contributed by atoms with E-state index in [1.54, 1.807) is 45.2 Å². The van der Waals surface area contributed by atoms with Gasteiger partial charge in [0.05, 0.1) is 31.9 Å². The van der Waals surface area contributed by atoms with E-state index in [2.05, 4.69) is 10.6 Å². The smallest absolute Gasteiger partial charge is 0.415 e. The van der Waals surface area contributed by atoms with Crippen molar-refractivity contribution in [2.45, 2.75) is 33.9 Å². The third kappa shape index (κ3) is 8.74. The molecule has 0 atom stereocenters. The van der Waals surface area contributed by atoms with Crippen molar-refractivity contribution in [1.82, 2.24) is 10.2 Å². The van der Waals surface area contributed by atoms with Crippen molar-refractivity contribution < 1.29 is 37.4 Å². The molecule has 0 saturated heterocycles. The van der Waals surface area contributed by atoms with Crippen LogP contribution in [0, 0.1) is 11.6 Å². The molecule has 0 aliphatic carbocycles. The van der Waals surface area contributed by atoms with Crippen LogP contribution in [0.2, 0.25) is 0 Å². The summed E-state index contributed by atoms with van der Waals surface area (Å²) in [6.07, 6.45) is -0.880. The van der Waals surface area contributed by atoms with Gasteiger partial charge in [-0.25, -0.2) is 23.2 Å². The second-order valence-electron chi connectivity index (χ2n) is 9.59. The van der Waals surface area contributed by atoms with Crippen LogP contribution >= 0.6 is 11.3 Å². The molecule has 238 valence electrons. The quantitative estimate of drug-likeness (QED) is 0.202. The fourth-order valence-corrected chi connectivity index (χ4v) is 5.63. The van der Waals surface area contributed by atoms with Crippen molar-refractivity contribution in [2.24, 2.45) is 0 Å². The third-order valence-electron chi connectivity index (χ3n) is 6.43. The van der Waals surface area contributed by atoms with Gasteiger partial charge in [0.2, 0.25) is 0 Å². The summed E-state index contributed by atoms with van der Waals surface area (Å²) in [4.78, 5) is 42.6. The van der Waals surface area contributed by atoms with Gasteiger partial charge in [-0.05, 0) is 57.6 Å². The standard InChI is InChI=1S/C31H38F2N4O6S/c1-6-34-30(39)35-21-14-12-20(13-15-21)27-23(18-36(4)16-17-41-5)26(29(38)42-7-2)28(44-27)37(31(40)43-8-3)19-22-24(32)10-9-11-25(22)33/h9-15H,6-8,16-19H2,1-5H3,(H2,34,35,39). The predicted molar refractivity (Wildman–Crippen MR) is 166 cm³/mol. The molecular formula is C31H38F2N4O6S. The van der Waals surface area contributed by atoms with Gasteiger partial charge in [0.25, 0.3) is 0 Å². The molecule has 3 rings (SSSR count). The Labute approximate surface area is 259 Å². The number of likely N-dealkylation sites (N-methyl/N-ethyl adjacent to an activating group) is 1. The van der Waals surface area contributed by atoms with Gasteiger partial charge in [0.15, 0.2) is 0 Å². The number of rotatable bonds is 14. The van der Waals surface area contributed by atoms with Crippen LogP contribution in [0.3, 0.4) is 0 Å². The lowest BCUT2D eigenvalue weighted by molar-refractivity contribution is 0.0525. The van der Waals surface area contributed by atoms with Crippen molar-refractivity contribution in [1.29, 1.82) is 0 Å². The highest BCUT2D eigenvalue weighted by Gasteiger charge is 2.33. The molecule has 0 aliphatic rings.